The smallest absolute Gasteiger partial charge is 0.247 e. The minimum Gasteiger partial charge on any atom is -0.467 e. The molecule has 3 aromatic rings. The molecule has 3 rings (SSSR count). The van der Waals surface area contributed by atoms with Gasteiger partial charge >= 0.3 is 0 Å². The Morgan fingerprint density at radius 3 is 2.80 bits per heavy atom. The van der Waals surface area contributed by atoms with E-state index in [1.54, 1.807) is 41.8 Å². The third-order valence-electron chi connectivity index (χ3n) is 3.60. The number of halogens is 1. The zero-order chi connectivity index (χ0) is 17.5. The Hall–Kier alpha value is -2.85. The third kappa shape index (κ3) is 5.06. The number of nitrogens with zero attached hydrogens (tertiary/aromatic N) is 2. The van der Waals surface area contributed by atoms with Crippen LogP contribution < -0.4 is 0 Å². The summed E-state index contributed by atoms with van der Waals surface area (Å²) >= 11 is 5.98. The van der Waals surface area contributed by atoms with Gasteiger partial charge in [-0.15, -0.1) is 0 Å². The van der Waals surface area contributed by atoms with E-state index in [9.17, 15) is 4.79 Å². The number of aromatic nitrogens is 1. The van der Waals surface area contributed by atoms with Crippen molar-refractivity contribution in [2.75, 3.05) is 0 Å². The maximum atomic E-state index is 12.7. The van der Waals surface area contributed by atoms with Crippen molar-refractivity contribution in [3.8, 4) is 0 Å². The second-order valence-electron chi connectivity index (χ2n) is 5.52. The Kier molecular flexibility index (Phi) is 5.65. The van der Waals surface area contributed by atoms with Crippen LogP contribution in [0.1, 0.15) is 16.9 Å². The van der Waals surface area contributed by atoms with Crippen molar-refractivity contribution in [2.24, 2.45) is 0 Å². The molecule has 0 radical (unpaired) electrons. The lowest BCUT2D eigenvalue weighted by Crippen LogP contribution is -2.28. The summed E-state index contributed by atoms with van der Waals surface area (Å²) in [6, 6.07) is 14.8. The van der Waals surface area contributed by atoms with Gasteiger partial charge in [0.05, 0.1) is 12.8 Å². The van der Waals surface area contributed by atoms with Gasteiger partial charge in [0, 0.05) is 30.0 Å². The molecule has 4 nitrogen and oxygen atoms in total. The van der Waals surface area contributed by atoms with Crippen LogP contribution in [0.3, 0.4) is 0 Å². The van der Waals surface area contributed by atoms with E-state index in [2.05, 4.69) is 4.98 Å². The lowest BCUT2D eigenvalue weighted by Gasteiger charge is -2.20. The lowest BCUT2D eigenvalue weighted by molar-refractivity contribution is -0.127. The third-order valence-corrected chi connectivity index (χ3v) is 3.84. The molecular weight excluding hydrogens is 336 g/mol. The van der Waals surface area contributed by atoms with Gasteiger partial charge in [-0.3, -0.25) is 9.78 Å². The Labute approximate surface area is 151 Å². The number of carbonyl (C=O) groups is 1. The summed E-state index contributed by atoms with van der Waals surface area (Å²) in [5.74, 6) is 0.619. The van der Waals surface area contributed by atoms with Crippen molar-refractivity contribution in [3.63, 3.8) is 0 Å². The van der Waals surface area contributed by atoms with Gasteiger partial charge in [-0.05, 0) is 47.5 Å². The molecule has 1 aromatic carbocycles. The van der Waals surface area contributed by atoms with Crippen LogP contribution in [0.2, 0.25) is 5.02 Å². The molecule has 5 heteroatoms. The number of rotatable bonds is 6. The molecule has 0 aliphatic heterocycles. The average molecular weight is 353 g/mol. The fraction of sp³-hybridized carbons (Fsp3) is 0.100. The van der Waals surface area contributed by atoms with E-state index in [4.69, 9.17) is 16.0 Å². The lowest BCUT2D eigenvalue weighted by atomic mass is 10.2. The first-order valence-corrected chi connectivity index (χ1v) is 8.22. The summed E-state index contributed by atoms with van der Waals surface area (Å²) in [6.07, 6.45) is 8.37. The molecular formula is C20H17ClN2O2. The average Bonchev–Trinajstić information content (AvgIpc) is 3.13. The highest BCUT2D eigenvalue weighted by Gasteiger charge is 2.13. The van der Waals surface area contributed by atoms with Gasteiger partial charge in [-0.25, -0.2) is 0 Å². The van der Waals surface area contributed by atoms with Gasteiger partial charge in [-0.2, -0.15) is 0 Å². The predicted octanol–water partition coefficient (Wildman–Crippen LogP) is 4.57. The number of hydrogen-bond acceptors (Lipinski definition) is 3. The van der Waals surface area contributed by atoms with Crippen molar-refractivity contribution in [2.45, 2.75) is 13.1 Å². The number of hydrogen-bond donors (Lipinski definition) is 0. The molecule has 0 unspecified atom stereocenters. The van der Waals surface area contributed by atoms with Gasteiger partial charge in [0.15, 0.2) is 0 Å². The molecule has 0 saturated carbocycles. The van der Waals surface area contributed by atoms with E-state index in [-0.39, 0.29) is 5.91 Å². The van der Waals surface area contributed by atoms with E-state index in [0.717, 1.165) is 16.9 Å². The molecule has 25 heavy (non-hydrogen) atoms. The molecule has 0 spiro atoms. The summed E-state index contributed by atoms with van der Waals surface area (Å²) in [5, 5.41) is 0.636. The maximum absolute atomic E-state index is 12.7. The van der Waals surface area contributed by atoms with E-state index < -0.39 is 0 Å². The monoisotopic (exact) mass is 352 g/mol. The van der Waals surface area contributed by atoms with Gasteiger partial charge in [0.1, 0.15) is 5.76 Å². The molecule has 0 bridgehead atoms. The Balaban J connectivity index is 1.76. The zero-order valence-electron chi connectivity index (χ0n) is 13.5. The van der Waals surface area contributed by atoms with E-state index in [1.807, 2.05) is 42.5 Å². The topological polar surface area (TPSA) is 46.3 Å². The number of carbonyl (C=O) groups excluding carboxylic acids is 1. The van der Waals surface area contributed by atoms with Crippen LogP contribution >= 0.6 is 11.6 Å². The fourth-order valence-corrected chi connectivity index (χ4v) is 2.60. The van der Waals surface area contributed by atoms with E-state index >= 15 is 0 Å². The molecule has 2 aromatic heterocycles. The highest BCUT2D eigenvalue weighted by molar-refractivity contribution is 6.30. The van der Waals surface area contributed by atoms with Crippen LogP contribution in [0.25, 0.3) is 6.08 Å². The highest BCUT2D eigenvalue weighted by atomic mass is 35.5. The Morgan fingerprint density at radius 1 is 1.16 bits per heavy atom. The highest BCUT2D eigenvalue weighted by Crippen LogP contribution is 2.14. The van der Waals surface area contributed by atoms with Crippen molar-refractivity contribution in [1.29, 1.82) is 0 Å². The van der Waals surface area contributed by atoms with Crippen LogP contribution in [0, 0.1) is 0 Å². The van der Waals surface area contributed by atoms with Crippen LogP contribution in [-0.4, -0.2) is 15.8 Å². The van der Waals surface area contributed by atoms with Crippen LogP contribution in [0.4, 0.5) is 0 Å². The Morgan fingerprint density at radius 2 is 2.08 bits per heavy atom. The van der Waals surface area contributed by atoms with Crippen LogP contribution in [0.15, 0.2) is 77.7 Å². The molecule has 0 aliphatic carbocycles. The summed E-state index contributed by atoms with van der Waals surface area (Å²) in [6.45, 7) is 0.841. The Bertz CT molecular complexity index is 845. The molecule has 0 atom stereocenters. The summed E-state index contributed by atoms with van der Waals surface area (Å²) in [5.41, 5.74) is 1.83. The van der Waals surface area contributed by atoms with Gasteiger partial charge in [0.25, 0.3) is 0 Å². The van der Waals surface area contributed by atoms with Crippen molar-refractivity contribution in [3.05, 3.63) is 95.2 Å². The first kappa shape index (κ1) is 17.0. The van der Waals surface area contributed by atoms with Crippen molar-refractivity contribution in [1.82, 2.24) is 9.88 Å². The summed E-state index contributed by atoms with van der Waals surface area (Å²) < 4.78 is 5.38. The fourth-order valence-electron chi connectivity index (χ4n) is 2.40. The minimum absolute atomic E-state index is 0.111. The van der Waals surface area contributed by atoms with Crippen molar-refractivity contribution < 1.29 is 9.21 Å². The van der Waals surface area contributed by atoms with Gasteiger partial charge in [0.2, 0.25) is 5.91 Å². The minimum atomic E-state index is -0.111. The molecule has 126 valence electrons. The van der Waals surface area contributed by atoms with Gasteiger partial charge < -0.3 is 9.32 Å². The zero-order valence-corrected chi connectivity index (χ0v) is 14.3. The number of amides is 1. The molecule has 0 N–H and O–H groups in total. The van der Waals surface area contributed by atoms with Crippen molar-refractivity contribution >= 4 is 23.6 Å². The first-order valence-electron chi connectivity index (χ1n) is 7.84. The normalized spacial score (nSPS) is 10.9. The standard InChI is InChI=1S/C20H17ClN2O2/c21-18-6-1-4-16(12-18)8-9-20(24)23(15-19-7-3-11-25-19)14-17-5-2-10-22-13-17/h1-13H,14-15H2/b9-8+. The molecule has 2 heterocycles. The van der Waals surface area contributed by atoms with Crippen LogP contribution in [0.5, 0.6) is 0 Å². The number of pyridine rings is 1. The molecule has 0 fully saturated rings. The maximum Gasteiger partial charge on any atom is 0.247 e. The SMILES string of the molecule is O=C(/C=C/c1cccc(Cl)c1)N(Cc1cccnc1)Cc1ccco1. The molecule has 1 amide bonds. The predicted molar refractivity (Wildman–Crippen MR) is 97.7 cm³/mol. The number of benzene rings is 1. The van der Waals surface area contributed by atoms with Crippen LogP contribution in [-0.2, 0) is 17.9 Å². The summed E-state index contributed by atoms with van der Waals surface area (Å²) in [7, 11) is 0. The second kappa shape index (κ2) is 8.31. The number of furan rings is 1. The second-order valence-corrected chi connectivity index (χ2v) is 5.96. The summed E-state index contributed by atoms with van der Waals surface area (Å²) in [4.78, 5) is 18.5. The van der Waals surface area contributed by atoms with E-state index in [0.29, 0.717) is 18.1 Å². The van der Waals surface area contributed by atoms with E-state index in [1.165, 1.54) is 0 Å². The quantitative estimate of drug-likeness (QED) is 0.610. The van der Waals surface area contributed by atoms with Gasteiger partial charge in [-0.1, -0.05) is 29.8 Å². The molecule has 0 saturated heterocycles. The first-order chi connectivity index (χ1) is 12.2. The largest absolute Gasteiger partial charge is 0.467 e. The molecule has 0 aliphatic rings.